The number of carbonyl (C=O) groups excluding carboxylic acids is 2. The summed E-state index contributed by atoms with van der Waals surface area (Å²) < 4.78 is 47.6. The van der Waals surface area contributed by atoms with Crippen molar-refractivity contribution < 1.29 is 32.6 Å². The van der Waals surface area contributed by atoms with Gasteiger partial charge in [-0.15, -0.1) is 0 Å². The summed E-state index contributed by atoms with van der Waals surface area (Å²) in [5.41, 5.74) is 1.92. The van der Waals surface area contributed by atoms with Gasteiger partial charge in [-0.2, -0.15) is 0 Å². The first-order chi connectivity index (χ1) is 20.2. The van der Waals surface area contributed by atoms with Crippen molar-refractivity contribution in [2.45, 2.75) is 56.7 Å². The van der Waals surface area contributed by atoms with E-state index in [9.17, 15) is 27.9 Å². The SMILES string of the molecule is O=C(N[C@@H](Cc1cc(F)cc(F)c1)[C@H](O)[C@H]1C[C@@H](OCc2ccccc2)CN1)C1CC(=O)N(Cc2cccc(F)c2)C1. The molecule has 3 N–H and O–H groups in total. The molecule has 0 spiro atoms. The molecule has 0 saturated carbocycles. The summed E-state index contributed by atoms with van der Waals surface area (Å²) >= 11 is 0. The number of amides is 2. The van der Waals surface area contributed by atoms with E-state index in [1.807, 2.05) is 30.3 Å². The summed E-state index contributed by atoms with van der Waals surface area (Å²) in [6.07, 6.45) is -0.859. The number of halogens is 3. The number of carbonyl (C=O) groups is 2. The molecule has 3 aromatic rings. The van der Waals surface area contributed by atoms with Crippen molar-refractivity contribution in [3.63, 3.8) is 0 Å². The highest BCUT2D eigenvalue weighted by molar-refractivity contribution is 5.89. The predicted octanol–water partition coefficient (Wildman–Crippen LogP) is 3.49. The van der Waals surface area contributed by atoms with Crippen molar-refractivity contribution in [3.05, 3.63) is 107 Å². The third-order valence-electron chi connectivity index (χ3n) is 7.83. The van der Waals surface area contributed by atoms with Crippen LogP contribution in [0.3, 0.4) is 0 Å². The minimum absolute atomic E-state index is 0.0248. The summed E-state index contributed by atoms with van der Waals surface area (Å²) in [4.78, 5) is 27.5. The Morgan fingerprint density at radius 3 is 2.43 bits per heavy atom. The van der Waals surface area contributed by atoms with E-state index in [1.54, 1.807) is 12.1 Å². The molecule has 7 nitrogen and oxygen atoms in total. The zero-order valence-electron chi connectivity index (χ0n) is 23.0. The third kappa shape index (κ3) is 7.76. The fraction of sp³-hybridized carbons (Fsp3) is 0.375. The molecule has 0 bridgehead atoms. The van der Waals surface area contributed by atoms with Gasteiger partial charge in [0.1, 0.15) is 17.5 Å². The molecule has 3 aromatic carbocycles. The lowest BCUT2D eigenvalue weighted by molar-refractivity contribution is -0.129. The van der Waals surface area contributed by atoms with Crippen molar-refractivity contribution in [1.82, 2.24) is 15.5 Å². The molecule has 2 aliphatic rings. The maximum absolute atomic E-state index is 14.0. The van der Waals surface area contributed by atoms with E-state index < -0.39 is 47.5 Å². The molecule has 5 atom stereocenters. The standard InChI is InChI=1S/C32H34F3N3O4/c33-24-8-4-7-21(9-24)17-38-18-23(13-30(38)39)32(41)37-29(12-22-10-25(34)14-26(35)11-22)31(40)28-15-27(16-36-28)42-19-20-5-2-1-3-6-20/h1-11,14,23,27-29,31,36,40H,12-13,15-19H2,(H,37,41)/t23?,27-,28-,29+,31-/m1/s1. The average molecular weight is 582 g/mol. The Kier molecular flexibility index (Phi) is 9.56. The zero-order valence-corrected chi connectivity index (χ0v) is 23.0. The van der Waals surface area contributed by atoms with Crippen LogP contribution in [0.25, 0.3) is 0 Å². The topological polar surface area (TPSA) is 90.9 Å². The number of ether oxygens (including phenoxy) is 1. The van der Waals surface area contributed by atoms with E-state index in [1.165, 1.54) is 29.2 Å². The fourth-order valence-electron chi connectivity index (χ4n) is 5.69. The first kappa shape index (κ1) is 29.8. The number of likely N-dealkylation sites (tertiary alicyclic amines) is 1. The first-order valence-electron chi connectivity index (χ1n) is 14.1. The largest absolute Gasteiger partial charge is 0.389 e. The highest BCUT2D eigenvalue weighted by Crippen LogP contribution is 2.24. The van der Waals surface area contributed by atoms with Crippen LogP contribution >= 0.6 is 0 Å². The maximum Gasteiger partial charge on any atom is 0.225 e. The summed E-state index contributed by atoms with van der Waals surface area (Å²) in [7, 11) is 0. The number of aliphatic hydroxyl groups is 1. The van der Waals surface area contributed by atoms with Gasteiger partial charge in [-0.3, -0.25) is 9.59 Å². The first-order valence-corrected chi connectivity index (χ1v) is 14.1. The average Bonchev–Trinajstić information content (AvgIpc) is 3.58. The highest BCUT2D eigenvalue weighted by atomic mass is 19.1. The number of nitrogens with one attached hydrogen (secondary N) is 2. The normalized spacial score (nSPS) is 21.9. The van der Waals surface area contributed by atoms with E-state index in [2.05, 4.69) is 10.6 Å². The van der Waals surface area contributed by atoms with Gasteiger partial charge in [-0.1, -0.05) is 42.5 Å². The fourth-order valence-corrected chi connectivity index (χ4v) is 5.69. The number of nitrogens with zero attached hydrogens (tertiary/aromatic N) is 1. The maximum atomic E-state index is 14.0. The smallest absolute Gasteiger partial charge is 0.225 e. The van der Waals surface area contributed by atoms with Gasteiger partial charge < -0.3 is 25.4 Å². The molecule has 2 fully saturated rings. The number of aliphatic hydroxyl groups excluding tert-OH is 1. The lowest BCUT2D eigenvalue weighted by Gasteiger charge is -2.29. The third-order valence-corrected chi connectivity index (χ3v) is 7.83. The second-order valence-electron chi connectivity index (χ2n) is 11.1. The van der Waals surface area contributed by atoms with E-state index in [0.29, 0.717) is 25.1 Å². The van der Waals surface area contributed by atoms with Gasteiger partial charge in [0.2, 0.25) is 11.8 Å². The molecule has 222 valence electrons. The molecule has 2 aliphatic heterocycles. The number of benzene rings is 3. The molecule has 0 radical (unpaired) electrons. The molecule has 5 rings (SSSR count). The molecular weight excluding hydrogens is 547 g/mol. The molecule has 10 heteroatoms. The van der Waals surface area contributed by atoms with Crippen LogP contribution < -0.4 is 10.6 Å². The van der Waals surface area contributed by atoms with Crippen LogP contribution in [0.1, 0.15) is 29.5 Å². The van der Waals surface area contributed by atoms with Crippen molar-refractivity contribution >= 4 is 11.8 Å². The van der Waals surface area contributed by atoms with Crippen LogP contribution in [0.5, 0.6) is 0 Å². The van der Waals surface area contributed by atoms with Crippen molar-refractivity contribution in [2.75, 3.05) is 13.1 Å². The van der Waals surface area contributed by atoms with E-state index in [-0.39, 0.29) is 43.5 Å². The number of hydrogen-bond acceptors (Lipinski definition) is 5. The van der Waals surface area contributed by atoms with Gasteiger partial charge in [0.25, 0.3) is 0 Å². The highest BCUT2D eigenvalue weighted by Gasteiger charge is 2.39. The quantitative estimate of drug-likeness (QED) is 0.323. The Hall–Kier alpha value is -3.73. The summed E-state index contributed by atoms with van der Waals surface area (Å²) in [5, 5.41) is 17.5. The Labute approximate surface area is 242 Å². The van der Waals surface area contributed by atoms with Gasteiger partial charge in [-0.05, 0) is 53.8 Å². The number of rotatable bonds is 11. The molecule has 0 aliphatic carbocycles. The van der Waals surface area contributed by atoms with Crippen molar-refractivity contribution in [1.29, 1.82) is 0 Å². The molecule has 2 saturated heterocycles. The molecule has 42 heavy (non-hydrogen) atoms. The van der Waals surface area contributed by atoms with Gasteiger partial charge >= 0.3 is 0 Å². The second kappa shape index (κ2) is 13.5. The van der Waals surface area contributed by atoms with Crippen LogP contribution in [0, 0.1) is 23.4 Å². The molecule has 2 heterocycles. The van der Waals surface area contributed by atoms with Crippen molar-refractivity contribution in [2.24, 2.45) is 5.92 Å². The predicted molar refractivity (Wildman–Crippen MR) is 149 cm³/mol. The summed E-state index contributed by atoms with van der Waals surface area (Å²) in [6.45, 7) is 1.22. The zero-order chi connectivity index (χ0) is 29.6. The molecule has 0 aromatic heterocycles. The van der Waals surface area contributed by atoms with Crippen LogP contribution in [0.15, 0.2) is 72.8 Å². The van der Waals surface area contributed by atoms with Crippen molar-refractivity contribution in [3.8, 4) is 0 Å². The van der Waals surface area contributed by atoms with Crippen LogP contribution in [-0.2, 0) is 33.9 Å². The van der Waals surface area contributed by atoms with Crippen LogP contribution in [0.2, 0.25) is 0 Å². The Bertz CT molecular complexity index is 1370. The van der Waals surface area contributed by atoms with Gasteiger partial charge in [0, 0.05) is 38.2 Å². The lowest BCUT2D eigenvalue weighted by atomic mass is 9.94. The molecular formula is C32H34F3N3O4. The van der Waals surface area contributed by atoms with E-state index in [0.717, 1.165) is 11.6 Å². The lowest BCUT2D eigenvalue weighted by Crippen LogP contribution is -2.53. The molecule has 2 amide bonds. The Morgan fingerprint density at radius 1 is 0.976 bits per heavy atom. The molecule has 1 unspecified atom stereocenters. The minimum Gasteiger partial charge on any atom is -0.389 e. The summed E-state index contributed by atoms with van der Waals surface area (Å²) in [6, 6.07) is 17.4. The van der Waals surface area contributed by atoms with Gasteiger partial charge in [0.15, 0.2) is 0 Å². The monoisotopic (exact) mass is 581 g/mol. The van der Waals surface area contributed by atoms with Crippen LogP contribution in [0.4, 0.5) is 13.2 Å². The van der Waals surface area contributed by atoms with Crippen LogP contribution in [-0.4, -0.2) is 59.2 Å². The van der Waals surface area contributed by atoms with E-state index in [4.69, 9.17) is 4.74 Å². The van der Waals surface area contributed by atoms with E-state index >= 15 is 0 Å². The van der Waals surface area contributed by atoms with Gasteiger partial charge in [-0.25, -0.2) is 13.2 Å². The van der Waals surface area contributed by atoms with Gasteiger partial charge in [0.05, 0.1) is 30.8 Å². The Balaban J connectivity index is 1.24. The minimum atomic E-state index is -1.11. The second-order valence-corrected chi connectivity index (χ2v) is 11.1. The summed E-state index contributed by atoms with van der Waals surface area (Å²) in [5.74, 6) is -3.30. The number of hydrogen-bond donors (Lipinski definition) is 3. The Morgan fingerprint density at radius 2 is 1.69 bits per heavy atom.